The molecule has 33 heavy (non-hydrogen) atoms. The fraction of sp³-hybridized carbons (Fsp3) is 0.222. The summed E-state index contributed by atoms with van der Waals surface area (Å²) in [7, 11) is 3.19. The van der Waals surface area contributed by atoms with Gasteiger partial charge in [0.15, 0.2) is 17.4 Å². The summed E-state index contributed by atoms with van der Waals surface area (Å²) in [5, 5.41) is 15.1. The van der Waals surface area contributed by atoms with Gasteiger partial charge in [0, 0.05) is 23.6 Å². The van der Waals surface area contributed by atoms with Crippen molar-refractivity contribution in [2.24, 2.45) is 4.99 Å². The van der Waals surface area contributed by atoms with Crippen molar-refractivity contribution in [3.8, 4) is 17.4 Å². The van der Waals surface area contributed by atoms with Crippen LogP contribution in [0.1, 0.15) is 30.0 Å². The zero-order chi connectivity index (χ0) is 23.2. The van der Waals surface area contributed by atoms with E-state index in [1.54, 1.807) is 14.2 Å². The molecule has 0 spiro atoms. The van der Waals surface area contributed by atoms with E-state index < -0.39 is 0 Å². The van der Waals surface area contributed by atoms with E-state index in [2.05, 4.69) is 29.4 Å². The average molecular weight is 444 g/mol. The SMILES string of the molecule is CCCNCc1ccc(N=C(c2ccccc2)c2c(O)[nH]c3cc(OC)c(OC)cc23)cc1. The first kappa shape index (κ1) is 22.4. The minimum atomic E-state index is 0.0447. The number of aromatic nitrogens is 1. The van der Waals surface area contributed by atoms with Crippen molar-refractivity contribution in [3.05, 3.63) is 83.4 Å². The van der Waals surface area contributed by atoms with Gasteiger partial charge in [-0.1, -0.05) is 49.4 Å². The highest BCUT2D eigenvalue weighted by Gasteiger charge is 2.21. The molecule has 0 atom stereocenters. The summed E-state index contributed by atoms with van der Waals surface area (Å²) in [4.78, 5) is 8.02. The van der Waals surface area contributed by atoms with Crippen LogP contribution in [0, 0.1) is 0 Å². The second-order valence-electron chi connectivity index (χ2n) is 7.77. The van der Waals surface area contributed by atoms with Crippen LogP contribution in [0.25, 0.3) is 10.9 Å². The van der Waals surface area contributed by atoms with Gasteiger partial charge < -0.3 is 24.9 Å². The van der Waals surface area contributed by atoms with Gasteiger partial charge in [0.1, 0.15) is 0 Å². The number of nitrogens with one attached hydrogen (secondary N) is 2. The Morgan fingerprint density at radius 2 is 1.67 bits per heavy atom. The number of benzene rings is 3. The van der Waals surface area contributed by atoms with Gasteiger partial charge in [-0.15, -0.1) is 0 Å². The number of hydrogen-bond acceptors (Lipinski definition) is 5. The Hall–Kier alpha value is -3.77. The first-order chi connectivity index (χ1) is 16.1. The number of H-pyrrole nitrogens is 1. The van der Waals surface area contributed by atoms with Crippen LogP contribution in [-0.4, -0.2) is 36.6 Å². The number of nitrogens with zero attached hydrogens (tertiary/aromatic N) is 1. The monoisotopic (exact) mass is 443 g/mol. The van der Waals surface area contributed by atoms with Crippen molar-refractivity contribution in [2.75, 3.05) is 20.8 Å². The quantitative estimate of drug-likeness (QED) is 0.234. The number of ether oxygens (including phenoxy) is 2. The smallest absolute Gasteiger partial charge is 0.199 e. The minimum absolute atomic E-state index is 0.0447. The molecule has 0 amide bonds. The molecule has 6 heteroatoms. The third-order valence-electron chi connectivity index (χ3n) is 5.50. The molecule has 170 valence electrons. The molecule has 0 saturated carbocycles. The van der Waals surface area contributed by atoms with E-state index in [-0.39, 0.29) is 5.88 Å². The summed E-state index contributed by atoms with van der Waals surface area (Å²) < 4.78 is 10.9. The molecule has 0 unspecified atom stereocenters. The third kappa shape index (κ3) is 4.86. The maximum Gasteiger partial charge on any atom is 0.199 e. The molecule has 6 nitrogen and oxygen atoms in total. The number of aromatic hydroxyl groups is 1. The number of rotatable bonds is 9. The normalized spacial score (nSPS) is 11.7. The first-order valence-electron chi connectivity index (χ1n) is 11.1. The molecule has 0 aliphatic rings. The van der Waals surface area contributed by atoms with Gasteiger partial charge in [-0.2, -0.15) is 0 Å². The second kappa shape index (κ2) is 10.2. The molecule has 4 aromatic rings. The molecule has 4 rings (SSSR count). The maximum absolute atomic E-state index is 10.9. The zero-order valence-corrected chi connectivity index (χ0v) is 19.2. The lowest BCUT2D eigenvalue weighted by molar-refractivity contribution is 0.356. The Bertz CT molecular complexity index is 1250. The lowest BCUT2D eigenvalue weighted by atomic mass is 10.0. The van der Waals surface area contributed by atoms with Crippen LogP contribution in [-0.2, 0) is 6.54 Å². The van der Waals surface area contributed by atoms with Gasteiger partial charge in [-0.05, 0) is 36.7 Å². The van der Waals surface area contributed by atoms with Gasteiger partial charge in [-0.25, -0.2) is 4.99 Å². The molecule has 3 aromatic carbocycles. The molecule has 1 aromatic heterocycles. The van der Waals surface area contributed by atoms with Crippen molar-refractivity contribution >= 4 is 22.3 Å². The predicted molar refractivity (Wildman–Crippen MR) is 133 cm³/mol. The van der Waals surface area contributed by atoms with E-state index in [4.69, 9.17) is 14.5 Å². The van der Waals surface area contributed by atoms with Gasteiger partial charge in [0.25, 0.3) is 0 Å². The topological polar surface area (TPSA) is 78.9 Å². The Labute approximate surface area is 193 Å². The Kier molecular flexibility index (Phi) is 6.95. The number of aliphatic imine (C=N–C) groups is 1. The van der Waals surface area contributed by atoms with Gasteiger partial charge in [0.05, 0.1) is 36.7 Å². The van der Waals surface area contributed by atoms with E-state index >= 15 is 0 Å². The van der Waals surface area contributed by atoms with Crippen molar-refractivity contribution in [1.82, 2.24) is 10.3 Å². The van der Waals surface area contributed by atoms with E-state index in [1.165, 1.54) is 5.56 Å². The Morgan fingerprint density at radius 3 is 2.33 bits per heavy atom. The largest absolute Gasteiger partial charge is 0.494 e. The molecule has 0 aliphatic heterocycles. The van der Waals surface area contributed by atoms with Crippen LogP contribution in [0.5, 0.6) is 17.4 Å². The standard InChI is InChI=1S/C27H29N3O3/c1-4-14-28-17-18-10-12-20(13-11-18)29-26(19-8-6-5-7-9-19)25-21-15-23(32-2)24(33-3)16-22(21)30-27(25)31/h5-13,15-16,28,30-31H,4,14,17H2,1-3H3. The fourth-order valence-corrected chi connectivity index (χ4v) is 3.83. The zero-order valence-electron chi connectivity index (χ0n) is 19.2. The Morgan fingerprint density at radius 1 is 0.970 bits per heavy atom. The molecule has 1 heterocycles. The molecule has 0 fully saturated rings. The summed E-state index contributed by atoms with van der Waals surface area (Å²) >= 11 is 0. The maximum atomic E-state index is 10.9. The fourth-order valence-electron chi connectivity index (χ4n) is 3.83. The lowest BCUT2D eigenvalue weighted by Gasteiger charge is -2.10. The van der Waals surface area contributed by atoms with Crippen molar-refractivity contribution in [3.63, 3.8) is 0 Å². The van der Waals surface area contributed by atoms with E-state index in [0.29, 0.717) is 22.8 Å². The number of fused-ring (bicyclic) bond motifs is 1. The first-order valence-corrected chi connectivity index (χ1v) is 11.1. The highest BCUT2D eigenvalue weighted by molar-refractivity contribution is 6.22. The van der Waals surface area contributed by atoms with E-state index in [9.17, 15) is 5.11 Å². The average Bonchev–Trinajstić information content (AvgIpc) is 3.17. The van der Waals surface area contributed by atoms with Crippen LogP contribution in [0.15, 0.2) is 71.7 Å². The molecule has 0 bridgehead atoms. The summed E-state index contributed by atoms with van der Waals surface area (Å²) in [6.45, 7) is 3.97. The van der Waals surface area contributed by atoms with E-state index in [0.717, 1.165) is 41.7 Å². The van der Waals surface area contributed by atoms with Gasteiger partial charge in [-0.3, -0.25) is 0 Å². The highest BCUT2D eigenvalue weighted by atomic mass is 16.5. The van der Waals surface area contributed by atoms with Crippen LogP contribution in [0.3, 0.4) is 0 Å². The van der Waals surface area contributed by atoms with Crippen molar-refractivity contribution in [2.45, 2.75) is 19.9 Å². The second-order valence-corrected chi connectivity index (χ2v) is 7.77. The van der Waals surface area contributed by atoms with Gasteiger partial charge in [0.2, 0.25) is 0 Å². The van der Waals surface area contributed by atoms with Crippen LogP contribution >= 0.6 is 0 Å². The molecule has 0 saturated heterocycles. The predicted octanol–water partition coefficient (Wildman–Crippen LogP) is 5.56. The van der Waals surface area contributed by atoms with Crippen LogP contribution in [0.4, 0.5) is 5.69 Å². The molecule has 3 N–H and O–H groups in total. The Balaban J connectivity index is 1.82. The summed E-state index contributed by atoms with van der Waals surface area (Å²) in [6, 6.07) is 21.7. The van der Waals surface area contributed by atoms with E-state index in [1.807, 2.05) is 54.6 Å². The highest BCUT2D eigenvalue weighted by Crippen LogP contribution is 2.38. The van der Waals surface area contributed by atoms with Gasteiger partial charge >= 0.3 is 0 Å². The molecule has 0 radical (unpaired) electrons. The van der Waals surface area contributed by atoms with Crippen molar-refractivity contribution in [1.29, 1.82) is 0 Å². The molecular formula is C27H29N3O3. The molecular weight excluding hydrogens is 414 g/mol. The van der Waals surface area contributed by atoms with Crippen molar-refractivity contribution < 1.29 is 14.6 Å². The summed E-state index contributed by atoms with van der Waals surface area (Å²) in [5.74, 6) is 1.22. The van der Waals surface area contributed by atoms with Crippen LogP contribution < -0.4 is 14.8 Å². The van der Waals surface area contributed by atoms with Crippen LogP contribution in [0.2, 0.25) is 0 Å². The lowest BCUT2D eigenvalue weighted by Crippen LogP contribution is -2.13. The minimum Gasteiger partial charge on any atom is -0.494 e. The third-order valence-corrected chi connectivity index (χ3v) is 5.50. The summed E-state index contributed by atoms with van der Waals surface area (Å²) in [5.41, 5.74) is 4.94. The number of aromatic amines is 1. The number of hydrogen-bond donors (Lipinski definition) is 3. The molecule has 0 aliphatic carbocycles. The number of methoxy groups -OCH3 is 2. The summed E-state index contributed by atoms with van der Waals surface area (Å²) in [6.07, 6.45) is 1.10.